The van der Waals surface area contributed by atoms with Crippen LogP contribution in [-0.2, 0) is 14.5 Å². The first-order chi connectivity index (χ1) is 59.9. The molecule has 26 heteroatoms. The Labute approximate surface area is 802 Å². The molecule has 0 spiro atoms. The predicted octanol–water partition coefficient (Wildman–Crippen LogP) is 18.1. The second kappa shape index (κ2) is 38.2. The van der Waals surface area contributed by atoms with Gasteiger partial charge in [-0.25, -0.2) is 30.8 Å². The van der Waals surface area contributed by atoms with Crippen molar-refractivity contribution >= 4 is 17.5 Å². The van der Waals surface area contributed by atoms with Crippen molar-refractivity contribution in [3.05, 3.63) is 35.7 Å². The van der Waals surface area contributed by atoms with Crippen LogP contribution in [0.3, 0.4) is 0 Å². The average molecular weight is 1830 g/mol. The number of hydrogen-bond donors (Lipinski definition) is 3. The van der Waals surface area contributed by atoms with Crippen LogP contribution in [0.25, 0.3) is 0 Å². The van der Waals surface area contributed by atoms with Gasteiger partial charge in [0.2, 0.25) is 0 Å². The number of rotatable bonds is 29. The van der Waals surface area contributed by atoms with Crippen LogP contribution < -0.4 is 16.3 Å². The second-order valence-electron chi connectivity index (χ2n) is 53.3. The lowest BCUT2D eigenvalue weighted by atomic mass is 9.76. The van der Waals surface area contributed by atoms with Crippen LogP contribution >= 0.6 is 0 Å². The maximum Gasteiger partial charge on any atom is 0.157 e. The SMILES string of the molecule is CCCCN(C1=CC(N(CCN(C2=CC(N(CCCC)C3CC(C)(C)N(C)C(C)(C)C3)=NN(OC3CC(C)(C)N(C)C(C)(C)C3)N2)C2CC(C)(C)N(C)C(C)(C)C2)CCN(C2=CC(N(CCCC)C3CC(C)(C)N(C)C(C)(C)C3)=NN(OC3CC(C)(C)N(C)C(C)(C)C3)N2)C2CC(C)(C)N(C)C(C)(C)C2)=NN(OC2CC(C)(C)N(C)C(C)(C)C2)N1)C1CC(C)(C)N(C)C(C)(C)C1. The number of hydrazine groups is 3. The van der Waals surface area contributed by atoms with E-state index in [9.17, 15) is 0 Å². The van der Waals surface area contributed by atoms with E-state index in [4.69, 9.17) is 29.8 Å². The molecule has 8 fully saturated rings. The third-order valence-electron chi connectivity index (χ3n) is 36.5. The summed E-state index contributed by atoms with van der Waals surface area (Å²) >= 11 is 0. The first kappa shape index (κ1) is 107. The molecule has 0 aliphatic carbocycles. The molecule has 0 aromatic rings. The molecule has 11 aliphatic heterocycles. The molecule has 0 unspecified atom stereocenters. The maximum absolute atomic E-state index is 7.70. The molecule has 0 atom stereocenters. The second-order valence-corrected chi connectivity index (χ2v) is 53.3. The van der Waals surface area contributed by atoms with Gasteiger partial charge in [0.15, 0.2) is 17.5 Å². The van der Waals surface area contributed by atoms with Crippen molar-refractivity contribution in [3.8, 4) is 0 Å². The summed E-state index contributed by atoms with van der Waals surface area (Å²) < 4.78 is 0. The van der Waals surface area contributed by atoms with Gasteiger partial charge in [0.05, 0.1) is 18.3 Å². The van der Waals surface area contributed by atoms with Gasteiger partial charge in [-0.2, -0.15) is 0 Å². The smallest absolute Gasteiger partial charge is 0.157 e. The lowest BCUT2D eigenvalue weighted by Crippen LogP contribution is -2.65. The standard InChI is InChI=1S/C105H201N23O3/c1-44-47-50-121(76-60-90(4,5)112(36)91(6,7)61-76)85-57-84(106-126(107-85)129-81-70-100(24,25)117(41)101(26,27)71-81)120(53-55-124(79-66-96(16,17)115(39)97(18,19)67-79)88-58-86(108-127(110-88)130-82-72-102(28,29)118(42)103(30,31)73-82)122(51-48-45-2)77-62-92(8,9)113(37)93(10,11)63-77)54-56-125(80-68-98(20,21)116(40)99(22,23)69-80)89-59-87(109-128(111-89)131-83-74-104(32,33)119(43)105(34,35)75-83)123(52-49-46-3)78-64-94(12,13)114(38)95(14,15)65-78/h57-59,76-83,107,110-111H,44-56,60-75H2,1-43H3. The topological polar surface area (TPSA) is 156 Å². The molecular weight excluding hydrogens is 1630 g/mol. The number of amidine groups is 3. The number of likely N-dealkylation sites (tertiary alicyclic amines) is 8. The van der Waals surface area contributed by atoms with Crippen LogP contribution in [0.15, 0.2) is 51.0 Å². The molecule has 0 bridgehead atoms. The quantitative estimate of drug-likeness (QED) is 0.0649. The van der Waals surface area contributed by atoms with E-state index in [0.717, 1.165) is 196 Å². The van der Waals surface area contributed by atoms with Gasteiger partial charge in [0.1, 0.15) is 17.5 Å². The van der Waals surface area contributed by atoms with E-state index in [1.165, 1.54) is 0 Å². The van der Waals surface area contributed by atoms with Crippen molar-refractivity contribution in [2.45, 2.75) is 521 Å². The molecule has 3 N–H and O–H groups in total. The Hall–Kier alpha value is -4.61. The van der Waals surface area contributed by atoms with Gasteiger partial charge in [-0.15, -0.1) is 15.3 Å². The largest absolute Gasteiger partial charge is 0.354 e. The molecule has 0 radical (unpaired) electrons. The van der Waals surface area contributed by atoms with E-state index in [1.54, 1.807) is 0 Å². The summed E-state index contributed by atoms with van der Waals surface area (Å²) in [5.41, 5.74) is 10.3. The highest BCUT2D eigenvalue weighted by molar-refractivity contribution is 5.95. The molecule has 0 aromatic heterocycles. The molecule has 11 rings (SSSR count). The molecule has 0 amide bonds. The van der Waals surface area contributed by atoms with Crippen LogP contribution in [0.2, 0.25) is 0 Å². The minimum atomic E-state index is -0.177. The Balaban J connectivity index is 1.15. The van der Waals surface area contributed by atoms with Gasteiger partial charge in [0, 0.05) is 183 Å². The summed E-state index contributed by atoms with van der Waals surface area (Å²) in [6, 6.07) is 0.769. The molecule has 131 heavy (non-hydrogen) atoms. The molecule has 754 valence electrons. The van der Waals surface area contributed by atoms with Crippen LogP contribution in [0, 0.1) is 0 Å². The Morgan fingerprint density at radius 1 is 0.244 bits per heavy atom. The van der Waals surface area contributed by atoms with Gasteiger partial charge >= 0.3 is 0 Å². The van der Waals surface area contributed by atoms with Crippen molar-refractivity contribution in [2.24, 2.45) is 15.3 Å². The number of hydrogen-bond acceptors (Lipinski definition) is 26. The van der Waals surface area contributed by atoms with Gasteiger partial charge < -0.3 is 29.4 Å². The molecule has 11 heterocycles. The zero-order chi connectivity index (χ0) is 97.9. The Morgan fingerprint density at radius 3 is 0.618 bits per heavy atom. The summed E-state index contributed by atoms with van der Waals surface area (Å²) in [4.78, 5) is 60.3. The maximum atomic E-state index is 7.70. The van der Waals surface area contributed by atoms with E-state index in [0.29, 0.717) is 26.2 Å². The summed E-state index contributed by atoms with van der Waals surface area (Å²) in [6.45, 7) is 90.1. The molecule has 0 aromatic carbocycles. The molecule has 26 nitrogen and oxygen atoms in total. The fourth-order valence-electron chi connectivity index (χ4n) is 26.7. The van der Waals surface area contributed by atoms with E-state index >= 15 is 0 Å². The Kier molecular flexibility index (Phi) is 31.1. The highest BCUT2D eigenvalue weighted by Gasteiger charge is 2.55. The fraction of sp³-hybridized carbons (Fsp3) is 0.914. The van der Waals surface area contributed by atoms with E-state index in [1.807, 2.05) is 15.8 Å². The lowest BCUT2D eigenvalue weighted by Gasteiger charge is -2.57. The van der Waals surface area contributed by atoms with Gasteiger partial charge in [-0.1, -0.05) is 55.9 Å². The van der Waals surface area contributed by atoms with Crippen molar-refractivity contribution in [2.75, 3.05) is 102 Å². The number of nitrogens with one attached hydrogen (secondary N) is 3. The van der Waals surface area contributed by atoms with Crippen LogP contribution in [0.1, 0.15) is 384 Å². The third-order valence-corrected chi connectivity index (χ3v) is 36.5. The molecule has 11 aliphatic rings. The first-order valence-electron chi connectivity index (χ1n) is 52.0. The van der Waals surface area contributed by atoms with Crippen molar-refractivity contribution in [1.82, 2.24) is 101 Å². The van der Waals surface area contributed by atoms with Crippen LogP contribution in [0.5, 0.6) is 0 Å². The summed E-state index contributed by atoms with van der Waals surface area (Å²) in [6.07, 6.45) is 28.0. The zero-order valence-corrected chi connectivity index (χ0v) is 92.5. The van der Waals surface area contributed by atoms with E-state index in [-0.39, 0.29) is 137 Å². The summed E-state index contributed by atoms with van der Waals surface area (Å²) in [7, 11) is 18.7. The highest BCUT2D eigenvalue weighted by atomic mass is 16.8. The fourth-order valence-corrected chi connectivity index (χ4v) is 26.7. The van der Waals surface area contributed by atoms with E-state index < -0.39 is 0 Å². The first-order valence-corrected chi connectivity index (χ1v) is 52.0. The van der Waals surface area contributed by atoms with Crippen molar-refractivity contribution < 1.29 is 14.5 Å². The van der Waals surface area contributed by atoms with Crippen molar-refractivity contribution in [1.29, 1.82) is 0 Å². The number of hydrazone groups is 3. The number of unbranched alkanes of at least 4 members (excludes halogenated alkanes) is 3. The van der Waals surface area contributed by atoms with E-state index in [2.05, 4.69) is 402 Å². The van der Waals surface area contributed by atoms with Gasteiger partial charge in [0.25, 0.3) is 0 Å². The minimum Gasteiger partial charge on any atom is -0.354 e. The Bertz CT molecular complexity index is 3740. The molecular formula is C105H201N23O3. The number of nitrogens with zero attached hydrogens (tertiary/aromatic N) is 20. The zero-order valence-electron chi connectivity index (χ0n) is 92.5. The van der Waals surface area contributed by atoms with Gasteiger partial charge in [-0.05, 0) is 400 Å². The van der Waals surface area contributed by atoms with Crippen LogP contribution in [0.4, 0.5) is 0 Å². The highest BCUT2D eigenvalue weighted by Crippen LogP contribution is 2.49. The van der Waals surface area contributed by atoms with Crippen LogP contribution in [-0.4, -0.2) is 341 Å². The summed E-state index contributed by atoms with van der Waals surface area (Å²) in [5.74, 6) is 5.84. The average Bonchev–Trinajstić information content (AvgIpc) is 0.753. The lowest BCUT2D eigenvalue weighted by molar-refractivity contribution is -0.256. The molecule has 8 saturated heterocycles. The minimum absolute atomic E-state index is 0.0692. The predicted molar refractivity (Wildman–Crippen MR) is 546 cm³/mol. The Morgan fingerprint density at radius 2 is 0.412 bits per heavy atom. The third kappa shape index (κ3) is 23.4. The normalized spacial score (nSPS) is 28.1. The monoisotopic (exact) mass is 1830 g/mol. The van der Waals surface area contributed by atoms with Gasteiger partial charge in [-0.3, -0.25) is 39.2 Å². The number of piperidine rings is 8. The van der Waals surface area contributed by atoms with Crippen molar-refractivity contribution in [3.63, 3.8) is 0 Å². The molecule has 0 saturated carbocycles. The summed E-state index contributed by atoms with van der Waals surface area (Å²) in [5, 5.41) is 23.2.